The van der Waals surface area contributed by atoms with E-state index in [9.17, 15) is 0 Å². The van der Waals surface area contributed by atoms with Gasteiger partial charge in [0, 0.05) is 39.2 Å². The lowest BCUT2D eigenvalue weighted by Gasteiger charge is -2.25. The number of guanidine groups is 1. The van der Waals surface area contributed by atoms with E-state index < -0.39 is 0 Å². The molecule has 1 N–H and O–H groups in total. The number of hydrogen-bond donors (Lipinski definition) is 1. The Morgan fingerprint density at radius 3 is 2.48 bits per heavy atom. The summed E-state index contributed by atoms with van der Waals surface area (Å²) in [6, 6.07) is 8.68. The molecule has 1 aliphatic heterocycles. The highest BCUT2D eigenvalue weighted by Crippen LogP contribution is 2.15. The molecule has 1 unspecified atom stereocenters. The van der Waals surface area contributed by atoms with Crippen LogP contribution in [0, 0.1) is 5.92 Å². The van der Waals surface area contributed by atoms with E-state index in [-0.39, 0.29) is 24.0 Å². The Morgan fingerprint density at radius 1 is 1.19 bits per heavy atom. The standard InChI is InChI=1S/C21H36N4O.HI/c1-5-22-21(24(4)15-18-12-13-26-17-18)23-14-19-10-8-9-11-20(19)16-25(6-2)7-3;/h8-11,18H,5-7,12-17H2,1-4H3,(H,22,23);1H. The van der Waals surface area contributed by atoms with Crippen LogP contribution >= 0.6 is 24.0 Å². The van der Waals surface area contributed by atoms with Gasteiger partial charge in [-0.15, -0.1) is 24.0 Å². The van der Waals surface area contributed by atoms with Crippen LogP contribution in [-0.4, -0.2) is 62.2 Å². The molecule has 1 fully saturated rings. The summed E-state index contributed by atoms with van der Waals surface area (Å²) >= 11 is 0. The molecule has 0 saturated carbocycles. The van der Waals surface area contributed by atoms with Crippen LogP contribution in [0.3, 0.4) is 0 Å². The number of aliphatic imine (C=N–C) groups is 1. The molecule has 6 heteroatoms. The van der Waals surface area contributed by atoms with E-state index in [1.807, 2.05) is 0 Å². The molecule has 1 aromatic carbocycles. The normalized spacial score (nSPS) is 17.1. The van der Waals surface area contributed by atoms with Crippen LogP contribution in [0.25, 0.3) is 0 Å². The van der Waals surface area contributed by atoms with E-state index in [1.165, 1.54) is 11.1 Å². The van der Waals surface area contributed by atoms with E-state index in [4.69, 9.17) is 9.73 Å². The molecule has 1 atom stereocenters. The van der Waals surface area contributed by atoms with Crippen molar-refractivity contribution in [1.29, 1.82) is 0 Å². The van der Waals surface area contributed by atoms with Crippen molar-refractivity contribution in [2.75, 3.05) is 46.4 Å². The highest BCUT2D eigenvalue weighted by Gasteiger charge is 2.19. The van der Waals surface area contributed by atoms with Gasteiger partial charge in [0.15, 0.2) is 5.96 Å². The fourth-order valence-electron chi connectivity index (χ4n) is 3.38. The van der Waals surface area contributed by atoms with Gasteiger partial charge < -0.3 is 15.0 Å². The van der Waals surface area contributed by atoms with Gasteiger partial charge in [-0.25, -0.2) is 4.99 Å². The average Bonchev–Trinajstić information content (AvgIpc) is 3.16. The third kappa shape index (κ3) is 7.95. The summed E-state index contributed by atoms with van der Waals surface area (Å²) in [4.78, 5) is 9.61. The minimum atomic E-state index is 0. The van der Waals surface area contributed by atoms with Crippen molar-refractivity contribution in [2.45, 2.75) is 40.3 Å². The van der Waals surface area contributed by atoms with Gasteiger partial charge in [-0.05, 0) is 37.6 Å². The summed E-state index contributed by atoms with van der Waals surface area (Å²) in [5.41, 5.74) is 2.69. The van der Waals surface area contributed by atoms with Crippen molar-refractivity contribution in [2.24, 2.45) is 10.9 Å². The molecule has 0 spiro atoms. The Balaban J connectivity index is 0.00000364. The van der Waals surface area contributed by atoms with Crippen molar-refractivity contribution >= 4 is 29.9 Å². The van der Waals surface area contributed by atoms with Crippen LogP contribution in [0.4, 0.5) is 0 Å². The smallest absolute Gasteiger partial charge is 0.193 e. The van der Waals surface area contributed by atoms with Crippen LogP contribution in [-0.2, 0) is 17.8 Å². The minimum absolute atomic E-state index is 0. The molecule has 1 aliphatic rings. The summed E-state index contributed by atoms with van der Waals surface area (Å²) in [5.74, 6) is 1.59. The second-order valence-corrected chi connectivity index (χ2v) is 7.01. The third-order valence-electron chi connectivity index (χ3n) is 5.06. The molecule has 0 radical (unpaired) electrons. The summed E-state index contributed by atoms with van der Waals surface area (Å²) in [5, 5.41) is 3.43. The number of nitrogens with zero attached hydrogens (tertiary/aromatic N) is 3. The second-order valence-electron chi connectivity index (χ2n) is 7.01. The van der Waals surface area contributed by atoms with Crippen LogP contribution in [0.1, 0.15) is 38.3 Å². The first-order valence-electron chi connectivity index (χ1n) is 10.0. The van der Waals surface area contributed by atoms with E-state index >= 15 is 0 Å². The van der Waals surface area contributed by atoms with Crippen LogP contribution in [0.5, 0.6) is 0 Å². The topological polar surface area (TPSA) is 40.1 Å². The van der Waals surface area contributed by atoms with Crippen molar-refractivity contribution < 1.29 is 4.74 Å². The van der Waals surface area contributed by atoms with Gasteiger partial charge in [-0.2, -0.15) is 0 Å². The Bertz CT molecular complexity index is 557. The van der Waals surface area contributed by atoms with E-state index in [1.54, 1.807) is 0 Å². The SMILES string of the molecule is CCNC(=NCc1ccccc1CN(CC)CC)N(C)CC1CCOC1.I. The predicted molar refractivity (Wildman–Crippen MR) is 125 cm³/mol. The van der Waals surface area contributed by atoms with E-state index in [2.05, 4.69) is 67.2 Å². The number of hydrogen-bond acceptors (Lipinski definition) is 3. The maximum absolute atomic E-state index is 5.51. The summed E-state index contributed by atoms with van der Waals surface area (Å²) in [7, 11) is 2.13. The van der Waals surface area contributed by atoms with Gasteiger partial charge in [-0.3, -0.25) is 4.90 Å². The molecule has 1 saturated heterocycles. The molecular weight excluding hydrogens is 451 g/mol. The zero-order chi connectivity index (χ0) is 18.8. The number of rotatable bonds is 9. The summed E-state index contributed by atoms with van der Waals surface area (Å²) in [6.45, 7) is 14.0. The molecule has 5 nitrogen and oxygen atoms in total. The Kier molecular flexibility index (Phi) is 11.9. The zero-order valence-corrected chi connectivity index (χ0v) is 19.7. The number of halogens is 1. The lowest BCUT2D eigenvalue weighted by Crippen LogP contribution is -2.41. The Morgan fingerprint density at radius 2 is 1.89 bits per heavy atom. The van der Waals surface area contributed by atoms with Gasteiger partial charge in [0.2, 0.25) is 0 Å². The molecule has 0 bridgehead atoms. The first kappa shape index (κ1) is 24.2. The van der Waals surface area contributed by atoms with Gasteiger partial charge >= 0.3 is 0 Å². The molecule has 2 rings (SSSR count). The molecule has 0 aliphatic carbocycles. The van der Waals surface area contributed by atoms with Crippen molar-refractivity contribution in [3.05, 3.63) is 35.4 Å². The van der Waals surface area contributed by atoms with Gasteiger partial charge in [0.05, 0.1) is 13.2 Å². The molecule has 1 heterocycles. The minimum Gasteiger partial charge on any atom is -0.381 e. The molecule has 1 aromatic rings. The second kappa shape index (κ2) is 13.3. The molecule has 0 amide bonds. The molecular formula is C21H37IN4O. The average molecular weight is 488 g/mol. The Hall–Kier alpha value is -0.860. The van der Waals surface area contributed by atoms with Crippen LogP contribution < -0.4 is 5.32 Å². The fourth-order valence-corrected chi connectivity index (χ4v) is 3.38. The number of ether oxygens (including phenoxy) is 1. The first-order chi connectivity index (χ1) is 12.7. The van der Waals surface area contributed by atoms with Gasteiger partial charge in [-0.1, -0.05) is 38.1 Å². The van der Waals surface area contributed by atoms with Gasteiger partial charge in [0.25, 0.3) is 0 Å². The zero-order valence-electron chi connectivity index (χ0n) is 17.4. The molecule has 27 heavy (non-hydrogen) atoms. The van der Waals surface area contributed by atoms with Crippen LogP contribution in [0.2, 0.25) is 0 Å². The molecule has 0 aromatic heterocycles. The van der Waals surface area contributed by atoms with Crippen molar-refractivity contribution in [3.8, 4) is 0 Å². The maximum Gasteiger partial charge on any atom is 0.193 e. The lowest BCUT2D eigenvalue weighted by molar-refractivity contribution is 0.181. The van der Waals surface area contributed by atoms with Crippen molar-refractivity contribution in [1.82, 2.24) is 15.1 Å². The maximum atomic E-state index is 5.51. The number of benzene rings is 1. The first-order valence-corrected chi connectivity index (χ1v) is 10.0. The van der Waals surface area contributed by atoms with E-state index in [0.717, 1.165) is 58.3 Å². The fraction of sp³-hybridized carbons (Fsp3) is 0.667. The summed E-state index contributed by atoms with van der Waals surface area (Å²) < 4.78 is 5.51. The van der Waals surface area contributed by atoms with Gasteiger partial charge in [0.1, 0.15) is 0 Å². The highest BCUT2D eigenvalue weighted by atomic mass is 127. The molecule has 154 valence electrons. The number of nitrogens with one attached hydrogen (secondary N) is 1. The van der Waals surface area contributed by atoms with E-state index in [0.29, 0.717) is 12.5 Å². The predicted octanol–water partition coefficient (Wildman–Crippen LogP) is 3.58. The quantitative estimate of drug-likeness (QED) is 0.328. The lowest BCUT2D eigenvalue weighted by atomic mass is 10.1. The summed E-state index contributed by atoms with van der Waals surface area (Å²) in [6.07, 6.45) is 1.15. The highest BCUT2D eigenvalue weighted by molar-refractivity contribution is 14.0. The van der Waals surface area contributed by atoms with Crippen molar-refractivity contribution in [3.63, 3.8) is 0 Å². The van der Waals surface area contributed by atoms with Crippen LogP contribution in [0.15, 0.2) is 29.3 Å². The third-order valence-corrected chi connectivity index (χ3v) is 5.06. The monoisotopic (exact) mass is 488 g/mol. The largest absolute Gasteiger partial charge is 0.381 e. The Labute approximate surface area is 182 Å².